The fraction of sp³-hybridized carbons (Fsp3) is 0.438. The van der Waals surface area contributed by atoms with Gasteiger partial charge in [0.05, 0.1) is 15.7 Å². The van der Waals surface area contributed by atoms with E-state index in [1.54, 1.807) is 17.0 Å². The van der Waals surface area contributed by atoms with Crippen molar-refractivity contribution in [1.82, 2.24) is 10.1 Å². The largest absolute Gasteiger partial charge is 0.452 e. The first-order valence-electron chi connectivity index (χ1n) is 7.71. The van der Waals surface area contributed by atoms with Gasteiger partial charge in [0.2, 0.25) is 5.76 Å². The average molecular weight is 373 g/mol. The molecule has 9 heteroatoms. The normalized spacial score (nSPS) is 18.4. The maximum Gasteiger partial charge on any atom is 0.452 e. The van der Waals surface area contributed by atoms with Crippen LogP contribution in [0.4, 0.5) is 13.2 Å². The van der Waals surface area contributed by atoms with E-state index in [-0.39, 0.29) is 23.1 Å². The Hall–Kier alpha value is -2.16. The first kappa shape index (κ1) is 17.7. The standard InChI is InChI=1S/C16H15F3N2O3S/c1-9-13(20-24-14(9)16(17,18)19)11-4-5-12(25-11)15(23)21-6-2-3-10(7-21)8-22/h4-5,8,10H,2-3,6-7H2,1H3/p+1. The van der Waals surface area contributed by atoms with Crippen molar-refractivity contribution in [3.05, 3.63) is 28.3 Å². The van der Waals surface area contributed by atoms with E-state index >= 15 is 0 Å². The van der Waals surface area contributed by atoms with Crippen molar-refractivity contribution in [3.63, 3.8) is 0 Å². The van der Waals surface area contributed by atoms with Crippen LogP contribution in [0.1, 0.15) is 33.8 Å². The van der Waals surface area contributed by atoms with Crippen LogP contribution >= 0.6 is 11.3 Å². The smallest absolute Gasteiger partial charge is 0.351 e. The van der Waals surface area contributed by atoms with E-state index in [1.807, 2.05) is 0 Å². The third kappa shape index (κ3) is 3.46. The Balaban J connectivity index is 1.82. The number of aldehydes is 1. The summed E-state index contributed by atoms with van der Waals surface area (Å²) in [6.07, 6.45) is -1.87. The van der Waals surface area contributed by atoms with Crippen LogP contribution in [0.2, 0.25) is 0 Å². The number of carbonyl (C=O) groups is 1. The second-order valence-corrected chi connectivity index (χ2v) is 7.03. The molecule has 0 spiro atoms. The first-order valence-corrected chi connectivity index (χ1v) is 8.53. The predicted molar refractivity (Wildman–Crippen MR) is 86.2 cm³/mol. The topological polar surface area (TPSA) is 67.7 Å². The van der Waals surface area contributed by atoms with Crippen LogP contribution in [-0.4, -0.2) is 40.1 Å². The van der Waals surface area contributed by atoms with Gasteiger partial charge in [0.25, 0.3) is 12.2 Å². The molecule has 1 saturated heterocycles. The molecule has 0 aromatic carbocycles. The number of hydrogen-bond acceptors (Lipinski definition) is 4. The summed E-state index contributed by atoms with van der Waals surface area (Å²) in [5, 5.41) is 3.52. The van der Waals surface area contributed by atoms with Crippen LogP contribution in [0.5, 0.6) is 0 Å². The number of nitrogens with zero attached hydrogens (tertiary/aromatic N) is 2. The number of hydrogen-bond donors (Lipinski definition) is 0. The molecule has 25 heavy (non-hydrogen) atoms. The maximum atomic E-state index is 12.8. The molecule has 2 aromatic heterocycles. The van der Waals surface area contributed by atoms with Crippen molar-refractivity contribution in [2.75, 3.05) is 13.1 Å². The van der Waals surface area contributed by atoms with Crippen LogP contribution in [0, 0.1) is 12.8 Å². The van der Waals surface area contributed by atoms with Crippen LogP contribution in [0.25, 0.3) is 10.6 Å². The molecule has 3 rings (SSSR count). The zero-order chi connectivity index (χ0) is 18.2. The van der Waals surface area contributed by atoms with Crippen molar-refractivity contribution in [1.29, 1.82) is 0 Å². The SMILES string of the molecule is Cc1c(-c2ccc(C(=O)N3CCCC(C=[OH+])C3)s2)noc1C(F)(F)F. The fourth-order valence-electron chi connectivity index (χ4n) is 2.88. The summed E-state index contributed by atoms with van der Waals surface area (Å²) in [7, 11) is 0. The van der Waals surface area contributed by atoms with Crippen LogP contribution in [0.3, 0.4) is 0 Å². The summed E-state index contributed by atoms with van der Waals surface area (Å²) < 4.78 is 42.9. The Bertz CT molecular complexity index is 797. The van der Waals surface area contributed by atoms with E-state index < -0.39 is 11.9 Å². The molecule has 1 N–H and O–H groups in total. The lowest BCUT2D eigenvalue weighted by Gasteiger charge is -2.28. The van der Waals surface area contributed by atoms with Gasteiger partial charge < -0.3 is 9.42 Å². The van der Waals surface area contributed by atoms with Crippen LogP contribution in [0.15, 0.2) is 16.7 Å². The van der Waals surface area contributed by atoms with Gasteiger partial charge in [-0.3, -0.25) is 9.59 Å². The van der Waals surface area contributed by atoms with Crippen LogP contribution in [-0.2, 0) is 6.18 Å². The number of likely N-dealkylation sites (tertiary alicyclic amines) is 1. The Kier molecular flexibility index (Phi) is 4.68. The molecule has 0 aliphatic carbocycles. The van der Waals surface area contributed by atoms with Gasteiger partial charge in [-0.2, -0.15) is 13.2 Å². The number of carbonyl (C=O) groups excluding carboxylic acids is 2. The van der Waals surface area contributed by atoms with Gasteiger partial charge in [-0.25, -0.2) is 0 Å². The minimum atomic E-state index is -4.60. The maximum absolute atomic E-state index is 12.8. The molecule has 5 nitrogen and oxygen atoms in total. The summed E-state index contributed by atoms with van der Waals surface area (Å²) in [6.45, 7) is 2.32. The quantitative estimate of drug-likeness (QED) is 0.608. The number of alkyl halides is 3. The number of thiophene rings is 1. The highest BCUT2D eigenvalue weighted by molar-refractivity contribution is 7.17. The second kappa shape index (κ2) is 6.62. The van der Waals surface area contributed by atoms with E-state index in [2.05, 4.69) is 9.68 Å². The van der Waals surface area contributed by atoms with Gasteiger partial charge in [-0.15, -0.1) is 11.3 Å². The summed E-state index contributed by atoms with van der Waals surface area (Å²) >= 11 is 1.08. The monoisotopic (exact) mass is 373 g/mol. The zero-order valence-electron chi connectivity index (χ0n) is 13.3. The van der Waals surface area contributed by atoms with E-state index in [0.29, 0.717) is 22.8 Å². The van der Waals surface area contributed by atoms with Crippen molar-refractivity contribution in [3.8, 4) is 10.6 Å². The van der Waals surface area contributed by atoms with Crippen molar-refractivity contribution >= 4 is 23.5 Å². The third-order valence-electron chi connectivity index (χ3n) is 4.19. The molecule has 1 aliphatic heterocycles. The molecule has 0 radical (unpaired) electrons. The summed E-state index contributed by atoms with van der Waals surface area (Å²) in [5.41, 5.74) is -0.00199. The highest BCUT2D eigenvalue weighted by Gasteiger charge is 2.39. The highest BCUT2D eigenvalue weighted by Crippen LogP contribution is 2.38. The van der Waals surface area contributed by atoms with Gasteiger partial charge in [-0.1, -0.05) is 5.16 Å². The number of rotatable bonds is 3. The first-order chi connectivity index (χ1) is 11.8. The lowest BCUT2D eigenvalue weighted by Crippen LogP contribution is -2.40. The third-order valence-corrected chi connectivity index (χ3v) is 5.27. The summed E-state index contributed by atoms with van der Waals surface area (Å²) in [4.78, 5) is 24.2. The molecule has 134 valence electrons. The van der Waals surface area contributed by atoms with E-state index in [4.69, 9.17) is 4.79 Å². The second-order valence-electron chi connectivity index (χ2n) is 5.95. The number of aromatic nitrogens is 1. The Morgan fingerprint density at radius 3 is 2.88 bits per heavy atom. The van der Waals surface area contributed by atoms with E-state index in [0.717, 1.165) is 30.5 Å². The van der Waals surface area contributed by atoms with Crippen molar-refractivity contribution in [2.45, 2.75) is 25.9 Å². The van der Waals surface area contributed by atoms with E-state index in [1.165, 1.54) is 6.92 Å². The molecular weight excluding hydrogens is 357 g/mol. The van der Waals surface area contributed by atoms with Crippen molar-refractivity contribution in [2.24, 2.45) is 5.92 Å². The molecule has 1 fully saturated rings. The summed E-state index contributed by atoms with van der Waals surface area (Å²) in [5.74, 6) is -1.37. The molecule has 1 amide bonds. The van der Waals surface area contributed by atoms with Gasteiger partial charge >= 0.3 is 6.18 Å². The number of amides is 1. The minimum absolute atomic E-state index is 0.0516. The van der Waals surface area contributed by atoms with Crippen molar-refractivity contribution < 1.29 is 27.3 Å². The number of piperidine rings is 1. The van der Waals surface area contributed by atoms with Gasteiger partial charge in [0.15, 0.2) is 0 Å². The van der Waals surface area contributed by atoms with E-state index in [9.17, 15) is 18.0 Å². The fourth-order valence-corrected chi connectivity index (χ4v) is 3.89. The molecule has 0 saturated carbocycles. The zero-order valence-corrected chi connectivity index (χ0v) is 14.2. The molecule has 1 aliphatic rings. The summed E-state index contributed by atoms with van der Waals surface area (Å²) in [6, 6.07) is 3.15. The Labute approximate surface area is 145 Å². The molecule has 1 unspecified atom stereocenters. The molecule has 1 atom stereocenters. The molecule has 3 heterocycles. The Morgan fingerprint density at radius 2 is 2.24 bits per heavy atom. The molecule has 2 aromatic rings. The van der Waals surface area contributed by atoms with Gasteiger partial charge in [-0.05, 0) is 31.9 Å². The van der Waals surface area contributed by atoms with Crippen LogP contribution < -0.4 is 0 Å². The lowest BCUT2D eigenvalue weighted by molar-refractivity contribution is -0.156. The Morgan fingerprint density at radius 1 is 1.48 bits per heavy atom. The minimum Gasteiger partial charge on any atom is -0.351 e. The van der Waals surface area contributed by atoms with Gasteiger partial charge in [0.1, 0.15) is 5.69 Å². The average Bonchev–Trinajstić information content (AvgIpc) is 3.20. The van der Waals surface area contributed by atoms with Gasteiger partial charge in [0, 0.05) is 18.7 Å². The highest BCUT2D eigenvalue weighted by atomic mass is 32.1. The number of halogens is 3. The molecular formula is C16H16F3N2O3S+. The lowest BCUT2D eigenvalue weighted by atomic mass is 10.00. The predicted octanol–water partition coefficient (Wildman–Crippen LogP) is 3.76. The molecule has 0 bridgehead atoms.